The molecule has 0 heterocycles. The minimum atomic E-state index is -0.431. The second kappa shape index (κ2) is 6.83. The molecule has 1 aromatic carbocycles. The summed E-state index contributed by atoms with van der Waals surface area (Å²) < 4.78 is 12.8. The maximum absolute atomic E-state index is 12.8. The van der Waals surface area contributed by atoms with E-state index in [1.54, 1.807) is 0 Å². The number of benzene rings is 1. The molecule has 17 heavy (non-hydrogen) atoms. The zero-order valence-electron chi connectivity index (χ0n) is 9.37. The Hall–Kier alpha value is -0.780. The lowest BCUT2D eigenvalue weighted by Gasteiger charge is -2.09. The Kier molecular flexibility index (Phi) is 5.74. The van der Waals surface area contributed by atoms with Crippen LogP contribution in [0, 0.1) is 5.82 Å². The van der Waals surface area contributed by atoms with E-state index >= 15 is 0 Å². The van der Waals surface area contributed by atoms with Crippen molar-refractivity contribution in [1.29, 1.82) is 0 Å². The van der Waals surface area contributed by atoms with Gasteiger partial charge in [0, 0.05) is 11.8 Å². The Morgan fingerprint density at radius 3 is 2.94 bits per heavy atom. The SMILES string of the molecule is CC(CN)SCC(=O)Nc1ccc(F)cc1Cl. The third-order valence-electron chi connectivity index (χ3n) is 2.04. The van der Waals surface area contributed by atoms with Crippen molar-refractivity contribution in [2.75, 3.05) is 17.6 Å². The Balaban J connectivity index is 2.50. The number of carbonyl (C=O) groups is 1. The molecule has 1 amide bonds. The summed E-state index contributed by atoms with van der Waals surface area (Å²) in [5.41, 5.74) is 5.85. The molecule has 3 nitrogen and oxygen atoms in total. The molecule has 0 aliphatic rings. The number of amides is 1. The Bertz CT molecular complexity index is 403. The van der Waals surface area contributed by atoms with Gasteiger partial charge in [0.15, 0.2) is 0 Å². The lowest BCUT2D eigenvalue weighted by molar-refractivity contribution is -0.113. The van der Waals surface area contributed by atoms with Gasteiger partial charge in [-0.05, 0) is 18.2 Å². The quantitative estimate of drug-likeness (QED) is 0.869. The van der Waals surface area contributed by atoms with Crippen LogP contribution in [0.5, 0.6) is 0 Å². The number of rotatable bonds is 5. The van der Waals surface area contributed by atoms with Crippen molar-refractivity contribution in [3.63, 3.8) is 0 Å². The molecule has 0 aromatic heterocycles. The first kappa shape index (κ1) is 14.3. The van der Waals surface area contributed by atoms with E-state index in [4.69, 9.17) is 17.3 Å². The summed E-state index contributed by atoms with van der Waals surface area (Å²) in [6, 6.07) is 3.84. The molecule has 1 atom stereocenters. The van der Waals surface area contributed by atoms with Gasteiger partial charge in [-0.2, -0.15) is 0 Å². The van der Waals surface area contributed by atoms with Crippen LogP contribution in [0.25, 0.3) is 0 Å². The van der Waals surface area contributed by atoms with E-state index in [0.717, 1.165) is 6.07 Å². The van der Waals surface area contributed by atoms with Crippen molar-refractivity contribution in [2.24, 2.45) is 5.73 Å². The number of carbonyl (C=O) groups excluding carboxylic acids is 1. The normalized spacial score (nSPS) is 12.2. The standard InChI is InChI=1S/C11H14ClFN2OS/c1-7(5-14)17-6-11(16)15-10-3-2-8(13)4-9(10)12/h2-4,7H,5-6,14H2,1H3,(H,15,16). The van der Waals surface area contributed by atoms with Crippen molar-refractivity contribution in [3.05, 3.63) is 29.0 Å². The minimum Gasteiger partial charge on any atom is -0.329 e. The van der Waals surface area contributed by atoms with E-state index in [9.17, 15) is 9.18 Å². The monoisotopic (exact) mass is 276 g/mol. The summed E-state index contributed by atoms with van der Waals surface area (Å²) >= 11 is 7.24. The average molecular weight is 277 g/mol. The lowest BCUT2D eigenvalue weighted by Crippen LogP contribution is -2.19. The van der Waals surface area contributed by atoms with E-state index < -0.39 is 5.82 Å². The number of halogens is 2. The first-order valence-electron chi connectivity index (χ1n) is 5.09. The van der Waals surface area contributed by atoms with Crippen molar-refractivity contribution in [2.45, 2.75) is 12.2 Å². The van der Waals surface area contributed by atoms with Crippen LogP contribution in [0.3, 0.4) is 0 Å². The molecule has 6 heteroatoms. The summed E-state index contributed by atoms with van der Waals surface area (Å²) in [5.74, 6) is -0.311. The number of hydrogen-bond acceptors (Lipinski definition) is 3. The predicted molar refractivity (Wildman–Crippen MR) is 71.0 cm³/mol. The summed E-state index contributed by atoms with van der Waals surface area (Å²) in [6.07, 6.45) is 0. The zero-order chi connectivity index (χ0) is 12.8. The number of hydrogen-bond donors (Lipinski definition) is 2. The zero-order valence-corrected chi connectivity index (χ0v) is 10.9. The first-order chi connectivity index (χ1) is 8.02. The second-order valence-electron chi connectivity index (χ2n) is 3.53. The van der Waals surface area contributed by atoms with Gasteiger partial charge in [0.05, 0.1) is 16.5 Å². The van der Waals surface area contributed by atoms with Gasteiger partial charge in [0.1, 0.15) is 5.82 Å². The molecule has 0 aliphatic carbocycles. The highest BCUT2D eigenvalue weighted by molar-refractivity contribution is 8.00. The molecule has 0 spiro atoms. The highest BCUT2D eigenvalue weighted by atomic mass is 35.5. The van der Waals surface area contributed by atoms with Crippen LogP contribution in [-0.2, 0) is 4.79 Å². The fourth-order valence-electron chi connectivity index (χ4n) is 1.06. The molecule has 0 radical (unpaired) electrons. The third kappa shape index (κ3) is 4.93. The Labute approximate surface area is 109 Å². The molecule has 0 aliphatic heterocycles. The molecule has 94 valence electrons. The maximum atomic E-state index is 12.8. The summed E-state index contributed by atoms with van der Waals surface area (Å²) in [4.78, 5) is 11.5. The van der Waals surface area contributed by atoms with E-state index in [-0.39, 0.29) is 16.2 Å². The molecular formula is C11H14ClFN2OS. The molecular weight excluding hydrogens is 263 g/mol. The van der Waals surface area contributed by atoms with E-state index in [1.165, 1.54) is 23.9 Å². The fourth-order valence-corrected chi connectivity index (χ4v) is 1.92. The van der Waals surface area contributed by atoms with Gasteiger partial charge in [-0.1, -0.05) is 18.5 Å². The smallest absolute Gasteiger partial charge is 0.234 e. The average Bonchev–Trinajstić information content (AvgIpc) is 2.29. The number of thioether (sulfide) groups is 1. The van der Waals surface area contributed by atoms with Gasteiger partial charge in [-0.25, -0.2) is 4.39 Å². The largest absolute Gasteiger partial charge is 0.329 e. The van der Waals surface area contributed by atoms with Crippen LogP contribution in [0.4, 0.5) is 10.1 Å². The van der Waals surface area contributed by atoms with E-state index in [0.29, 0.717) is 18.0 Å². The lowest BCUT2D eigenvalue weighted by atomic mass is 10.3. The number of nitrogens with one attached hydrogen (secondary N) is 1. The second-order valence-corrected chi connectivity index (χ2v) is 5.36. The molecule has 0 fully saturated rings. The summed E-state index contributed by atoms with van der Waals surface area (Å²) in [5, 5.41) is 3.03. The van der Waals surface area contributed by atoms with Gasteiger partial charge in [0.2, 0.25) is 5.91 Å². The Morgan fingerprint density at radius 1 is 1.65 bits per heavy atom. The van der Waals surface area contributed by atoms with E-state index in [2.05, 4.69) is 5.32 Å². The van der Waals surface area contributed by atoms with Crippen molar-refractivity contribution in [3.8, 4) is 0 Å². The van der Waals surface area contributed by atoms with Gasteiger partial charge < -0.3 is 11.1 Å². The fraction of sp³-hybridized carbons (Fsp3) is 0.364. The van der Waals surface area contributed by atoms with Gasteiger partial charge in [-0.15, -0.1) is 11.8 Å². The minimum absolute atomic E-state index is 0.177. The third-order valence-corrected chi connectivity index (χ3v) is 3.54. The van der Waals surface area contributed by atoms with E-state index in [1.807, 2.05) is 6.92 Å². The first-order valence-corrected chi connectivity index (χ1v) is 6.52. The highest BCUT2D eigenvalue weighted by Crippen LogP contribution is 2.22. The van der Waals surface area contributed by atoms with Crippen LogP contribution in [0.1, 0.15) is 6.92 Å². The van der Waals surface area contributed by atoms with Crippen LogP contribution in [0.15, 0.2) is 18.2 Å². The summed E-state index contributed by atoms with van der Waals surface area (Å²) in [7, 11) is 0. The van der Waals surface area contributed by atoms with Crippen molar-refractivity contribution >= 4 is 35.0 Å². The number of anilines is 1. The molecule has 1 aromatic rings. The van der Waals surface area contributed by atoms with Crippen LogP contribution in [-0.4, -0.2) is 23.5 Å². The van der Waals surface area contributed by atoms with Gasteiger partial charge in [0.25, 0.3) is 0 Å². The molecule has 3 N–H and O–H groups in total. The van der Waals surface area contributed by atoms with Crippen molar-refractivity contribution < 1.29 is 9.18 Å². The molecule has 0 bridgehead atoms. The molecule has 0 saturated carbocycles. The topological polar surface area (TPSA) is 55.1 Å². The van der Waals surface area contributed by atoms with Gasteiger partial charge >= 0.3 is 0 Å². The molecule has 1 rings (SSSR count). The Morgan fingerprint density at radius 2 is 2.35 bits per heavy atom. The maximum Gasteiger partial charge on any atom is 0.234 e. The molecule has 0 saturated heterocycles. The van der Waals surface area contributed by atoms with Crippen molar-refractivity contribution in [1.82, 2.24) is 0 Å². The van der Waals surface area contributed by atoms with Crippen LogP contribution in [0.2, 0.25) is 5.02 Å². The predicted octanol–water partition coefficient (Wildman–Crippen LogP) is 2.50. The van der Waals surface area contributed by atoms with Crippen LogP contribution >= 0.6 is 23.4 Å². The summed E-state index contributed by atoms with van der Waals surface area (Å²) in [6.45, 7) is 2.47. The highest BCUT2D eigenvalue weighted by Gasteiger charge is 2.08. The molecule has 1 unspecified atom stereocenters. The van der Waals surface area contributed by atoms with Gasteiger partial charge in [-0.3, -0.25) is 4.79 Å². The number of nitrogens with two attached hydrogens (primary N) is 1. The van der Waals surface area contributed by atoms with Crippen LogP contribution < -0.4 is 11.1 Å².